The number of rotatable bonds is 8. The number of para-hydroxylation sites is 2. The molecule has 140 valence electrons. The summed E-state index contributed by atoms with van der Waals surface area (Å²) in [5.74, 6) is 0.439. The molecule has 0 spiro atoms. The summed E-state index contributed by atoms with van der Waals surface area (Å²) in [6.07, 6.45) is 0. The monoisotopic (exact) mass is 395 g/mol. The van der Waals surface area contributed by atoms with Gasteiger partial charge in [-0.3, -0.25) is 4.72 Å². The lowest BCUT2D eigenvalue weighted by Crippen LogP contribution is -2.31. The maximum absolute atomic E-state index is 12.7. The number of methoxy groups -OCH3 is 2. The summed E-state index contributed by atoms with van der Waals surface area (Å²) in [5.41, 5.74) is 0.924. The standard InChI is InChI=1S/C17H21N3O4S2/c1-23-11-10-18-17(25)19-13-6-5-7-14(12-13)26(21,22)20-15-8-3-4-9-16(15)24-2/h3-9,12,20H,10-11H2,1-2H3,(H2,18,19,25). The molecule has 7 nitrogen and oxygen atoms in total. The summed E-state index contributed by atoms with van der Waals surface area (Å²) in [6.45, 7) is 1.06. The molecule has 0 aliphatic rings. The quantitative estimate of drug-likeness (QED) is 0.467. The lowest BCUT2D eigenvalue weighted by molar-refractivity contribution is 0.204. The van der Waals surface area contributed by atoms with Crippen molar-refractivity contribution < 1.29 is 17.9 Å². The van der Waals surface area contributed by atoms with Crippen molar-refractivity contribution in [2.45, 2.75) is 4.90 Å². The third kappa shape index (κ3) is 5.58. The zero-order valence-corrected chi connectivity index (χ0v) is 16.1. The summed E-state index contributed by atoms with van der Waals surface area (Å²) in [7, 11) is -0.699. The van der Waals surface area contributed by atoms with Gasteiger partial charge in [0.25, 0.3) is 10.0 Å². The van der Waals surface area contributed by atoms with Crippen molar-refractivity contribution in [2.75, 3.05) is 37.4 Å². The molecule has 0 amide bonds. The van der Waals surface area contributed by atoms with Crippen molar-refractivity contribution in [3.05, 3.63) is 48.5 Å². The van der Waals surface area contributed by atoms with Gasteiger partial charge in [0.1, 0.15) is 5.75 Å². The average molecular weight is 396 g/mol. The van der Waals surface area contributed by atoms with Gasteiger partial charge in [0, 0.05) is 19.3 Å². The van der Waals surface area contributed by atoms with Gasteiger partial charge in [-0.1, -0.05) is 18.2 Å². The predicted octanol–water partition coefficient (Wildman–Crippen LogP) is 2.43. The first-order valence-electron chi connectivity index (χ1n) is 7.76. The Hall–Kier alpha value is -2.36. The van der Waals surface area contributed by atoms with E-state index in [1.54, 1.807) is 43.5 Å². The van der Waals surface area contributed by atoms with Crippen molar-refractivity contribution in [2.24, 2.45) is 0 Å². The van der Waals surface area contributed by atoms with E-state index in [2.05, 4.69) is 15.4 Å². The van der Waals surface area contributed by atoms with Crippen molar-refractivity contribution in [1.82, 2.24) is 5.32 Å². The smallest absolute Gasteiger partial charge is 0.262 e. The van der Waals surface area contributed by atoms with Gasteiger partial charge in [0.05, 0.1) is 24.3 Å². The molecule has 0 radical (unpaired) electrons. The number of hydrogen-bond acceptors (Lipinski definition) is 5. The zero-order chi connectivity index (χ0) is 19.0. The van der Waals surface area contributed by atoms with Crippen LogP contribution in [0.25, 0.3) is 0 Å². The number of anilines is 2. The first-order chi connectivity index (χ1) is 12.5. The number of benzene rings is 2. The van der Waals surface area contributed by atoms with Crippen molar-refractivity contribution in [1.29, 1.82) is 0 Å². The number of sulfonamides is 1. The number of thiocarbonyl (C=S) groups is 1. The van der Waals surface area contributed by atoms with Gasteiger partial charge in [-0.2, -0.15) is 0 Å². The molecule has 3 N–H and O–H groups in total. The predicted molar refractivity (Wildman–Crippen MR) is 106 cm³/mol. The Labute approximate surface area is 158 Å². The summed E-state index contributed by atoms with van der Waals surface area (Å²) in [5, 5.41) is 6.29. The number of hydrogen-bond donors (Lipinski definition) is 3. The van der Waals surface area contributed by atoms with Crippen LogP contribution in [0.3, 0.4) is 0 Å². The SMILES string of the molecule is COCCNC(=S)Nc1cccc(S(=O)(=O)Nc2ccccc2OC)c1. The maximum atomic E-state index is 12.7. The highest BCUT2D eigenvalue weighted by molar-refractivity contribution is 7.92. The van der Waals surface area contributed by atoms with Crippen LogP contribution in [-0.2, 0) is 14.8 Å². The van der Waals surface area contributed by atoms with Gasteiger partial charge in [0.2, 0.25) is 0 Å². The first-order valence-corrected chi connectivity index (χ1v) is 9.65. The Morgan fingerprint density at radius 3 is 2.62 bits per heavy atom. The molecular formula is C17H21N3O4S2. The Kier molecular flexibility index (Phi) is 7.19. The molecule has 26 heavy (non-hydrogen) atoms. The third-order valence-corrected chi connectivity index (χ3v) is 4.95. The second-order valence-electron chi connectivity index (χ2n) is 5.21. The van der Waals surface area contributed by atoms with Gasteiger partial charge in [0.15, 0.2) is 5.11 Å². The molecule has 2 aromatic carbocycles. The molecule has 0 saturated heterocycles. The molecule has 0 saturated carbocycles. The van der Waals surface area contributed by atoms with Crippen LogP contribution in [0.2, 0.25) is 0 Å². The van der Waals surface area contributed by atoms with E-state index in [1.165, 1.54) is 19.2 Å². The van der Waals surface area contributed by atoms with Gasteiger partial charge in [-0.05, 0) is 42.5 Å². The molecule has 0 fully saturated rings. The van der Waals surface area contributed by atoms with Gasteiger partial charge in [-0.25, -0.2) is 8.42 Å². The molecule has 0 aromatic heterocycles. The van der Waals surface area contributed by atoms with Gasteiger partial charge < -0.3 is 20.1 Å². The summed E-state index contributed by atoms with van der Waals surface area (Å²) >= 11 is 5.16. The second kappa shape index (κ2) is 9.37. The van der Waals surface area contributed by atoms with Crippen LogP contribution >= 0.6 is 12.2 Å². The van der Waals surface area contributed by atoms with Crippen LogP contribution < -0.4 is 20.1 Å². The molecule has 2 rings (SSSR count). The Balaban J connectivity index is 2.13. The highest BCUT2D eigenvalue weighted by Crippen LogP contribution is 2.26. The fraction of sp³-hybridized carbons (Fsp3) is 0.235. The lowest BCUT2D eigenvalue weighted by Gasteiger charge is -2.13. The lowest BCUT2D eigenvalue weighted by atomic mass is 10.3. The molecule has 2 aromatic rings. The highest BCUT2D eigenvalue weighted by Gasteiger charge is 2.17. The topological polar surface area (TPSA) is 88.7 Å². The Morgan fingerprint density at radius 2 is 1.88 bits per heavy atom. The van der Waals surface area contributed by atoms with E-state index in [1.807, 2.05) is 0 Å². The maximum Gasteiger partial charge on any atom is 0.262 e. The van der Waals surface area contributed by atoms with Crippen LogP contribution in [0, 0.1) is 0 Å². The van der Waals surface area contributed by atoms with Crippen LogP contribution in [0.1, 0.15) is 0 Å². The molecule has 0 heterocycles. The minimum absolute atomic E-state index is 0.105. The minimum atomic E-state index is -3.78. The van der Waals surface area contributed by atoms with E-state index in [4.69, 9.17) is 21.7 Å². The van der Waals surface area contributed by atoms with Crippen LogP contribution in [0.15, 0.2) is 53.4 Å². The first kappa shape index (κ1) is 20.0. The molecule has 0 atom stereocenters. The second-order valence-corrected chi connectivity index (χ2v) is 7.30. The summed E-state index contributed by atoms with van der Waals surface area (Å²) in [4.78, 5) is 0.105. The van der Waals surface area contributed by atoms with E-state index in [0.29, 0.717) is 35.4 Å². The third-order valence-electron chi connectivity index (χ3n) is 3.35. The van der Waals surface area contributed by atoms with Gasteiger partial charge in [-0.15, -0.1) is 0 Å². The molecule has 0 aliphatic carbocycles. The zero-order valence-electron chi connectivity index (χ0n) is 14.5. The molecule has 0 bridgehead atoms. The number of ether oxygens (including phenoxy) is 2. The minimum Gasteiger partial charge on any atom is -0.495 e. The molecule has 9 heteroatoms. The van der Waals surface area contributed by atoms with Crippen LogP contribution in [-0.4, -0.2) is 40.9 Å². The highest BCUT2D eigenvalue weighted by atomic mass is 32.2. The van der Waals surface area contributed by atoms with Crippen molar-refractivity contribution in [3.8, 4) is 5.75 Å². The summed E-state index contributed by atoms with van der Waals surface area (Å²) in [6, 6.07) is 13.2. The summed E-state index contributed by atoms with van der Waals surface area (Å²) < 4.78 is 38.0. The van der Waals surface area contributed by atoms with Crippen molar-refractivity contribution >= 4 is 38.7 Å². The average Bonchev–Trinajstić information content (AvgIpc) is 2.62. The fourth-order valence-electron chi connectivity index (χ4n) is 2.12. The largest absolute Gasteiger partial charge is 0.495 e. The van der Waals surface area contributed by atoms with E-state index in [9.17, 15) is 8.42 Å². The molecule has 0 unspecified atom stereocenters. The normalized spacial score (nSPS) is 10.8. The molecular weight excluding hydrogens is 374 g/mol. The van der Waals surface area contributed by atoms with Crippen LogP contribution in [0.5, 0.6) is 5.75 Å². The van der Waals surface area contributed by atoms with Gasteiger partial charge >= 0.3 is 0 Å². The van der Waals surface area contributed by atoms with Crippen molar-refractivity contribution in [3.63, 3.8) is 0 Å². The van der Waals surface area contributed by atoms with E-state index >= 15 is 0 Å². The van der Waals surface area contributed by atoms with Crippen LogP contribution in [0.4, 0.5) is 11.4 Å². The Bertz CT molecular complexity index is 857. The van der Waals surface area contributed by atoms with E-state index in [-0.39, 0.29) is 4.90 Å². The number of nitrogens with one attached hydrogen (secondary N) is 3. The Morgan fingerprint density at radius 1 is 1.12 bits per heavy atom. The van der Waals surface area contributed by atoms with E-state index < -0.39 is 10.0 Å². The van der Waals surface area contributed by atoms with E-state index in [0.717, 1.165) is 0 Å². The fourth-order valence-corrected chi connectivity index (χ4v) is 3.45. The molecule has 0 aliphatic heterocycles.